The molecule has 0 fully saturated rings. The number of para-hydroxylation sites is 1. The van der Waals surface area contributed by atoms with Gasteiger partial charge in [0.25, 0.3) is 0 Å². The van der Waals surface area contributed by atoms with Crippen LogP contribution in [0.5, 0.6) is 11.6 Å². The van der Waals surface area contributed by atoms with Crippen LogP contribution in [0.4, 0.5) is 13.2 Å². The molecular weight excluding hydrogens is 385 g/mol. The van der Waals surface area contributed by atoms with Gasteiger partial charge in [0.05, 0.1) is 31.0 Å². The van der Waals surface area contributed by atoms with Crippen molar-refractivity contribution >= 4 is 10.9 Å². The second-order valence-corrected chi connectivity index (χ2v) is 6.53. The van der Waals surface area contributed by atoms with Crippen LogP contribution in [0.15, 0.2) is 36.7 Å². The molecule has 2 aromatic heterocycles. The Kier molecular flexibility index (Phi) is 6.17. The van der Waals surface area contributed by atoms with Crippen LogP contribution in [0.3, 0.4) is 0 Å². The molecule has 154 valence electrons. The van der Waals surface area contributed by atoms with E-state index in [1.807, 2.05) is 0 Å². The molecule has 2 heterocycles. The summed E-state index contributed by atoms with van der Waals surface area (Å²) in [7, 11) is 1.52. The van der Waals surface area contributed by atoms with Gasteiger partial charge in [0, 0.05) is 35.7 Å². The normalized spacial score (nSPS) is 12.8. The highest BCUT2D eigenvalue weighted by Gasteiger charge is 2.35. The number of alkyl halides is 3. The number of ether oxygens (including phenoxy) is 2. The molecule has 0 amide bonds. The second-order valence-electron chi connectivity index (χ2n) is 6.53. The molecule has 0 saturated carbocycles. The molecule has 1 atom stereocenters. The monoisotopic (exact) mass is 406 g/mol. The second kappa shape index (κ2) is 8.60. The van der Waals surface area contributed by atoms with Crippen LogP contribution >= 0.6 is 0 Å². The van der Waals surface area contributed by atoms with Gasteiger partial charge < -0.3 is 15.2 Å². The molecule has 3 rings (SSSR count). The predicted molar refractivity (Wildman–Crippen MR) is 102 cm³/mol. The lowest BCUT2D eigenvalue weighted by Gasteiger charge is -2.19. The molecule has 6 nitrogen and oxygen atoms in total. The summed E-state index contributed by atoms with van der Waals surface area (Å²) in [5, 5.41) is 0.789. The number of aryl methyl sites for hydroxylation is 1. The van der Waals surface area contributed by atoms with Gasteiger partial charge in [-0.05, 0) is 19.4 Å². The largest absolute Gasteiger partial charge is 0.493 e. The van der Waals surface area contributed by atoms with Crippen LogP contribution < -0.4 is 15.2 Å². The quantitative estimate of drug-likeness (QED) is 0.595. The van der Waals surface area contributed by atoms with Gasteiger partial charge in [-0.2, -0.15) is 13.2 Å². The smallest absolute Gasteiger partial charge is 0.419 e. The zero-order valence-corrected chi connectivity index (χ0v) is 16.0. The molecule has 29 heavy (non-hydrogen) atoms. The molecular formula is C20H21F3N4O2. The molecule has 2 N–H and O–H groups in total. The summed E-state index contributed by atoms with van der Waals surface area (Å²) < 4.78 is 50.5. The minimum Gasteiger partial charge on any atom is -0.493 e. The van der Waals surface area contributed by atoms with Gasteiger partial charge in [-0.25, -0.2) is 15.0 Å². The molecule has 0 aliphatic carbocycles. The summed E-state index contributed by atoms with van der Waals surface area (Å²) in [6.45, 7) is 1.70. The summed E-state index contributed by atoms with van der Waals surface area (Å²) in [6.07, 6.45) is -0.376. The van der Waals surface area contributed by atoms with E-state index in [4.69, 9.17) is 15.2 Å². The molecule has 9 heteroatoms. The van der Waals surface area contributed by atoms with Gasteiger partial charge in [0.1, 0.15) is 11.6 Å². The summed E-state index contributed by atoms with van der Waals surface area (Å²) in [5.41, 5.74) is 5.97. The van der Waals surface area contributed by atoms with E-state index in [0.29, 0.717) is 35.6 Å². The van der Waals surface area contributed by atoms with Crippen LogP contribution in [0.1, 0.15) is 36.3 Å². The van der Waals surface area contributed by atoms with Crippen molar-refractivity contribution in [3.63, 3.8) is 0 Å². The van der Waals surface area contributed by atoms with E-state index in [-0.39, 0.29) is 12.4 Å². The number of methoxy groups -OCH3 is 1. The van der Waals surface area contributed by atoms with Crippen LogP contribution in [0.25, 0.3) is 10.9 Å². The SMILES string of the molecule is COc1cc2cnc(CCCOc3c([C@@H](C)N)cccc3C(F)(F)F)nc2cn1. The van der Waals surface area contributed by atoms with Gasteiger partial charge in [0.2, 0.25) is 5.88 Å². The van der Waals surface area contributed by atoms with Gasteiger partial charge in [-0.3, -0.25) is 0 Å². The topological polar surface area (TPSA) is 83.2 Å². The Balaban J connectivity index is 1.68. The zero-order valence-electron chi connectivity index (χ0n) is 16.0. The number of nitrogens with zero attached hydrogens (tertiary/aromatic N) is 3. The van der Waals surface area contributed by atoms with Crippen molar-refractivity contribution in [1.29, 1.82) is 0 Å². The van der Waals surface area contributed by atoms with E-state index in [1.165, 1.54) is 13.2 Å². The first-order chi connectivity index (χ1) is 13.8. The maximum atomic E-state index is 13.3. The van der Waals surface area contributed by atoms with E-state index in [1.54, 1.807) is 31.5 Å². The Hall–Kier alpha value is -2.94. The third kappa shape index (κ3) is 4.92. The van der Waals surface area contributed by atoms with Crippen LogP contribution in [0.2, 0.25) is 0 Å². The molecule has 3 aromatic rings. The van der Waals surface area contributed by atoms with Gasteiger partial charge in [-0.15, -0.1) is 0 Å². The summed E-state index contributed by atoms with van der Waals surface area (Å²) in [6, 6.07) is 5.02. The van der Waals surface area contributed by atoms with E-state index >= 15 is 0 Å². The standard InChI is InChI=1S/C20H21F3N4O2/c1-12(24)14-5-3-6-15(20(21,22)23)19(14)29-8-4-7-17-25-10-13-9-18(28-2)26-11-16(13)27-17/h3,5-6,9-12H,4,7-8,24H2,1-2H3/t12-/m1/s1. The number of nitrogens with two attached hydrogens (primary N) is 1. The number of benzene rings is 1. The average molecular weight is 406 g/mol. The molecule has 0 radical (unpaired) electrons. The first kappa shape index (κ1) is 20.8. The average Bonchev–Trinajstić information content (AvgIpc) is 2.69. The maximum Gasteiger partial charge on any atom is 0.419 e. The van der Waals surface area contributed by atoms with E-state index in [0.717, 1.165) is 11.5 Å². The van der Waals surface area contributed by atoms with Crippen molar-refractivity contribution in [3.05, 3.63) is 53.6 Å². The van der Waals surface area contributed by atoms with Gasteiger partial charge in [0.15, 0.2) is 0 Å². The van der Waals surface area contributed by atoms with Crippen molar-refractivity contribution < 1.29 is 22.6 Å². The van der Waals surface area contributed by atoms with E-state index in [2.05, 4.69) is 15.0 Å². The summed E-state index contributed by atoms with van der Waals surface area (Å²) in [4.78, 5) is 12.8. The Morgan fingerprint density at radius 1 is 1.17 bits per heavy atom. The molecule has 1 aromatic carbocycles. The van der Waals surface area contributed by atoms with Crippen molar-refractivity contribution in [2.75, 3.05) is 13.7 Å². The highest BCUT2D eigenvalue weighted by molar-refractivity contribution is 5.77. The first-order valence-corrected chi connectivity index (χ1v) is 9.03. The maximum absolute atomic E-state index is 13.3. The lowest BCUT2D eigenvalue weighted by Crippen LogP contribution is -2.15. The Bertz CT molecular complexity index is 993. The number of aromatic nitrogens is 3. The molecule has 0 aliphatic rings. The predicted octanol–water partition coefficient (Wildman–Crippen LogP) is 4.08. The number of pyridine rings is 1. The van der Waals surface area contributed by atoms with Crippen molar-refractivity contribution in [3.8, 4) is 11.6 Å². The first-order valence-electron chi connectivity index (χ1n) is 9.03. The summed E-state index contributed by atoms with van der Waals surface area (Å²) in [5.74, 6) is 0.811. The fourth-order valence-electron chi connectivity index (χ4n) is 2.89. The zero-order chi connectivity index (χ0) is 21.0. The molecule has 0 saturated heterocycles. The van der Waals surface area contributed by atoms with Crippen LogP contribution in [0, 0.1) is 0 Å². The lowest BCUT2D eigenvalue weighted by molar-refractivity contribution is -0.139. The molecule has 0 spiro atoms. The van der Waals surface area contributed by atoms with Gasteiger partial charge in [-0.1, -0.05) is 12.1 Å². The Morgan fingerprint density at radius 3 is 2.66 bits per heavy atom. The minimum atomic E-state index is -4.52. The number of hydrogen-bond acceptors (Lipinski definition) is 6. The highest BCUT2D eigenvalue weighted by atomic mass is 19.4. The van der Waals surface area contributed by atoms with Crippen LogP contribution in [-0.4, -0.2) is 28.7 Å². The summed E-state index contributed by atoms with van der Waals surface area (Å²) >= 11 is 0. The third-order valence-corrected chi connectivity index (χ3v) is 4.33. The molecule has 0 bridgehead atoms. The fraction of sp³-hybridized carbons (Fsp3) is 0.350. The third-order valence-electron chi connectivity index (χ3n) is 4.33. The Labute approximate surface area is 165 Å². The number of hydrogen-bond donors (Lipinski definition) is 1. The Morgan fingerprint density at radius 2 is 1.97 bits per heavy atom. The van der Waals surface area contributed by atoms with Gasteiger partial charge >= 0.3 is 6.18 Å². The highest BCUT2D eigenvalue weighted by Crippen LogP contribution is 2.39. The van der Waals surface area contributed by atoms with Crippen molar-refractivity contribution in [1.82, 2.24) is 15.0 Å². The lowest BCUT2D eigenvalue weighted by atomic mass is 10.0. The number of fused-ring (bicyclic) bond motifs is 1. The molecule has 0 aliphatic heterocycles. The fourth-order valence-corrected chi connectivity index (χ4v) is 2.89. The van der Waals surface area contributed by atoms with Crippen molar-refractivity contribution in [2.24, 2.45) is 5.73 Å². The van der Waals surface area contributed by atoms with Crippen LogP contribution in [-0.2, 0) is 12.6 Å². The van der Waals surface area contributed by atoms with E-state index in [9.17, 15) is 13.2 Å². The minimum absolute atomic E-state index is 0.0784. The van der Waals surface area contributed by atoms with E-state index < -0.39 is 17.8 Å². The number of rotatable bonds is 7. The molecule has 0 unspecified atom stereocenters. The van der Waals surface area contributed by atoms with Crippen molar-refractivity contribution in [2.45, 2.75) is 32.0 Å². The number of halogens is 3.